The Labute approximate surface area is 368 Å². The molecule has 348 valence electrons. The van der Waals surface area contributed by atoms with Gasteiger partial charge in [0.2, 0.25) is 0 Å². The minimum atomic E-state index is -1.49. The largest absolute Gasteiger partial charge is 0.382 e. The van der Waals surface area contributed by atoms with Crippen molar-refractivity contribution < 1.29 is 37.0 Å². The maximum absolute atomic E-state index is 12.5. The molecule has 4 unspecified atom stereocenters. The Hall–Kier alpha value is -3.00. The first-order valence-electron chi connectivity index (χ1n) is 21.1. The summed E-state index contributed by atoms with van der Waals surface area (Å²) in [4.78, 5) is 42.5. The van der Waals surface area contributed by atoms with Crippen molar-refractivity contribution in [2.24, 2.45) is 11.8 Å². The predicted molar refractivity (Wildman–Crippen MR) is 235 cm³/mol. The average molecular weight is 911 g/mol. The maximum Gasteiger partial charge on any atom is 0.349 e. The number of nitrogens with zero attached hydrogens (tertiary/aromatic N) is 7. The molecule has 0 bridgehead atoms. The molecule has 2 aliphatic heterocycles. The van der Waals surface area contributed by atoms with E-state index in [1.54, 1.807) is 33.4 Å². The lowest BCUT2D eigenvalue weighted by Crippen LogP contribution is -2.38. The van der Waals surface area contributed by atoms with E-state index in [0.29, 0.717) is 18.9 Å². The fourth-order valence-electron chi connectivity index (χ4n) is 7.44. The van der Waals surface area contributed by atoms with Crippen molar-refractivity contribution in [2.75, 3.05) is 40.6 Å². The molecule has 0 saturated carbocycles. The van der Waals surface area contributed by atoms with Gasteiger partial charge in [-0.2, -0.15) is 15.5 Å². The Balaban J connectivity index is 0.000000330. The van der Waals surface area contributed by atoms with Crippen molar-refractivity contribution >= 4 is 17.1 Å². The molecule has 2 aromatic heterocycles. The molecule has 10 atom stereocenters. The Morgan fingerprint density at radius 1 is 0.742 bits per heavy atom. The van der Waals surface area contributed by atoms with E-state index in [4.69, 9.17) is 47.6 Å². The number of hydrogen-bond acceptors (Lipinski definition) is 16. The van der Waals surface area contributed by atoms with Crippen LogP contribution in [-0.4, -0.2) is 118 Å². The first kappa shape index (κ1) is 53.3. The van der Waals surface area contributed by atoms with Crippen molar-refractivity contribution in [3.8, 4) is 12.1 Å². The molecule has 0 aromatic carbocycles. The number of aromatic nitrogens is 4. The smallest absolute Gasteiger partial charge is 0.349 e. The molecule has 2 aromatic rings. The van der Waals surface area contributed by atoms with Crippen LogP contribution in [0.1, 0.15) is 100 Å². The average Bonchev–Trinajstić information content (AvgIpc) is 3.65. The van der Waals surface area contributed by atoms with Gasteiger partial charge in [-0.1, -0.05) is 13.8 Å². The number of nitriles is 2. The quantitative estimate of drug-likeness (QED) is 0.110. The van der Waals surface area contributed by atoms with Gasteiger partial charge in [-0.05, 0) is 68.4 Å². The summed E-state index contributed by atoms with van der Waals surface area (Å²) in [6.07, 6.45) is 0.957. The predicted octanol–water partition coefficient (Wildman–Crippen LogP) is 5.77. The van der Waals surface area contributed by atoms with E-state index in [-0.39, 0.29) is 80.0 Å². The number of ether oxygens (including phenoxy) is 4. The second-order valence-corrected chi connectivity index (χ2v) is 19.1. The first-order valence-corrected chi connectivity index (χ1v) is 23.3. The molecule has 1 N–H and O–H groups in total. The van der Waals surface area contributed by atoms with Gasteiger partial charge in [0.1, 0.15) is 36.9 Å². The van der Waals surface area contributed by atoms with E-state index >= 15 is 0 Å². The number of aromatic amines is 1. The highest BCUT2D eigenvalue weighted by Gasteiger charge is 2.48. The second-order valence-electron chi connectivity index (χ2n) is 16.3. The minimum absolute atomic E-state index is 0.145. The van der Waals surface area contributed by atoms with Crippen LogP contribution in [0.15, 0.2) is 38.9 Å². The van der Waals surface area contributed by atoms with Crippen molar-refractivity contribution in [2.45, 2.75) is 150 Å². The maximum atomic E-state index is 12.5. The molecule has 0 spiro atoms. The highest BCUT2D eigenvalue weighted by Crippen LogP contribution is 2.52. The number of aryl methyl sites for hydroxylation is 1. The lowest BCUT2D eigenvalue weighted by Gasteiger charge is -2.38. The van der Waals surface area contributed by atoms with Crippen LogP contribution in [0.2, 0.25) is 0 Å². The van der Waals surface area contributed by atoms with E-state index in [9.17, 15) is 14.4 Å². The molecular weight excluding hydrogens is 842 g/mol. The molecule has 0 aliphatic carbocycles. The van der Waals surface area contributed by atoms with E-state index in [0.717, 1.165) is 0 Å². The zero-order chi connectivity index (χ0) is 46.3. The zero-order valence-corrected chi connectivity index (χ0v) is 40.3. The first-order chi connectivity index (χ1) is 29.4. The van der Waals surface area contributed by atoms with Crippen molar-refractivity contribution in [1.29, 1.82) is 10.5 Å². The summed E-state index contributed by atoms with van der Waals surface area (Å²) < 4.78 is 55.4. The normalized spacial score (nSPS) is 24.8. The number of nitrogens with one attached hydrogen (secondary N) is 1. The summed E-state index contributed by atoms with van der Waals surface area (Å²) in [5.41, 5.74) is -0.703. The lowest BCUT2D eigenvalue weighted by atomic mass is 10.0. The van der Waals surface area contributed by atoms with Crippen molar-refractivity contribution in [1.82, 2.24) is 28.4 Å². The molecule has 4 rings (SSSR count). The molecule has 2 saturated heterocycles. The van der Waals surface area contributed by atoms with Crippen LogP contribution < -0.4 is 16.9 Å². The Morgan fingerprint density at radius 3 is 1.53 bits per heavy atom. The Morgan fingerprint density at radius 2 is 1.16 bits per heavy atom. The monoisotopic (exact) mass is 910 g/mol. The molecule has 19 nitrogen and oxygen atoms in total. The van der Waals surface area contributed by atoms with Crippen LogP contribution in [0.5, 0.6) is 0 Å². The molecule has 0 amide bonds. The number of H-pyrrole nitrogens is 1. The summed E-state index contributed by atoms with van der Waals surface area (Å²) >= 11 is 0. The van der Waals surface area contributed by atoms with Crippen LogP contribution >= 0.6 is 17.1 Å². The molecule has 21 heteroatoms. The molecule has 4 heterocycles. The Bertz CT molecular complexity index is 1900. The van der Waals surface area contributed by atoms with Crippen molar-refractivity contribution in [3.63, 3.8) is 0 Å². The third-order valence-corrected chi connectivity index (χ3v) is 14.3. The number of methoxy groups -OCH3 is 2. The Kier molecular flexibility index (Phi) is 22.4. The lowest BCUT2D eigenvalue weighted by molar-refractivity contribution is -0.0544. The number of rotatable bonds is 22. The van der Waals surface area contributed by atoms with Gasteiger partial charge in [-0.3, -0.25) is 18.9 Å². The molecular formula is C41H68N8O11P2. The number of hydrogen-bond donors (Lipinski definition) is 1. The third kappa shape index (κ3) is 14.5. The van der Waals surface area contributed by atoms with Crippen molar-refractivity contribution in [3.05, 3.63) is 61.5 Å². The topological polar surface area (TPSA) is 218 Å². The van der Waals surface area contributed by atoms with Gasteiger partial charge < -0.3 is 37.0 Å². The molecule has 2 fully saturated rings. The van der Waals surface area contributed by atoms with E-state index in [2.05, 4.69) is 86.8 Å². The van der Waals surface area contributed by atoms with Gasteiger partial charge in [0.15, 0.2) is 0 Å². The summed E-state index contributed by atoms with van der Waals surface area (Å²) in [5.74, 6) is -0.373. The second kappa shape index (κ2) is 26.1. The van der Waals surface area contributed by atoms with Gasteiger partial charge in [0.05, 0.1) is 51.4 Å². The summed E-state index contributed by atoms with van der Waals surface area (Å²) in [5, 5.41) is 17.8. The van der Waals surface area contributed by atoms with Gasteiger partial charge >= 0.3 is 11.4 Å². The minimum Gasteiger partial charge on any atom is -0.382 e. The highest BCUT2D eigenvalue weighted by atomic mass is 31.2. The van der Waals surface area contributed by atoms with Crippen LogP contribution in [0.4, 0.5) is 0 Å². The summed E-state index contributed by atoms with van der Waals surface area (Å²) in [7, 11) is 0.249. The molecule has 62 heavy (non-hydrogen) atoms. The van der Waals surface area contributed by atoms with Crippen LogP contribution in [0.25, 0.3) is 0 Å². The van der Waals surface area contributed by atoms with E-state index in [1.165, 1.54) is 21.4 Å². The fourth-order valence-corrected chi connectivity index (χ4v) is 11.1. The summed E-state index contributed by atoms with van der Waals surface area (Å²) in [6, 6.07) is 7.96. The van der Waals surface area contributed by atoms with Crippen LogP contribution in [0, 0.1) is 41.4 Å². The molecule has 0 radical (unpaired) electrons. The zero-order valence-electron chi connectivity index (χ0n) is 38.5. The van der Waals surface area contributed by atoms with Crippen LogP contribution in [-0.2, 0) is 37.0 Å². The summed E-state index contributed by atoms with van der Waals surface area (Å²) in [6.45, 7) is 23.5. The van der Waals surface area contributed by atoms with E-state index < -0.39 is 53.0 Å². The highest BCUT2D eigenvalue weighted by molar-refractivity contribution is 7.44. The van der Waals surface area contributed by atoms with E-state index in [1.807, 2.05) is 13.8 Å². The fraction of sp³-hybridized carbons (Fsp3) is 0.756. The van der Waals surface area contributed by atoms with Gasteiger partial charge in [0, 0.05) is 74.4 Å². The van der Waals surface area contributed by atoms with Crippen LogP contribution in [0.3, 0.4) is 0 Å². The third-order valence-electron chi connectivity index (χ3n) is 10.1. The van der Waals surface area contributed by atoms with Gasteiger partial charge in [-0.15, -0.1) is 0 Å². The van der Waals surface area contributed by atoms with Gasteiger partial charge in [-0.25, -0.2) is 18.9 Å². The SMILES string of the molecule is COC[C@H]1O[C@@H](n2ccc(=O)[nH]c2=O)[C@@H](C)C1OP(OCCC#N)N(C(C)C)C(C)C.COC[C@H]1O[C@@H](n2ccc(C)nc2=O)[C@@H](C)C1OP(OCCC#N)N(C(C)C)C(C)C. The standard InChI is InChI=1S/C21H35N4O5P.C20H33N4O6P/c1-14(2)25(15(3)4)31(28-12-8-10-22)30-19-17(6)20(29-18(19)13-27-7)24-11-9-16(5)23-21(24)26;1-13(2)24(14(3)4)31(28-11-7-9-21)30-18-15(5)19(29-16(18)12-27-6)23-10-8-17(25)22-20(23)26/h9,11,14-15,17-20H,8,12-13H2,1-7H3;8,10,13-16,18-19H,7,11-12H2,1-6H3,(H,22,25,26)/t17-,18+,19?,20+,31?;15-,16+,18?,19+,31?/m00/s1. The molecule has 2 aliphatic rings. The van der Waals surface area contributed by atoms with Gasteiger partial charge in [0.25, 0.3) is 22.6 Å².